The van der Waals surface area contributed by atoms with Gasteiger partial charge in [0.15, 0.2) is 48.2 Å². The van der Waals surface area contributed by atoms with E-state index in [2.05, 4.69) is 112 Å². The molecule has 2 bridgehead atoms. The Labute approximate surface area is 293 Å². The number of rotatable bonds is 10. The van der Waals surface area contributed by atoms with Crippen LogP contribution in [0.15, 0.2) is 6.33 Å². The van der Waals surface area contributed by atoms with Crippen LogP contribution in [-0.2, 0) is 18.0 Å². The van der Waals surface area contributed by atoms with Crippen molar-refractivity contribution in [3.63, 3.8) is 0 Å². The fourth-order valence-electron chi connectivity index (χ4n) is 6.69. The van der Waals surface area contributed by atoms with Gasteiger partial charge in [0.25, 0.3) is 0 Å². The number of imidazole rings is 1. The van der Waals surface area contributed by atoms with Crippen molar-refractivity contribution in [2.75, 3.05) is 17.7 Å². The molecule has 2 saturated carbocycles. The van der Waals surface area contributed by atoms with Gasteiger partial charge in [0, 0.05) is 6.04 Å². The zero-order chi connectivity index (χ0) is 35.8. The van der Waals surface area contributed by atoms with Crippen molar-refractivity contribution >= 4 is 47.9 Å². The highest BCUT2D eigenvalue weighted by molar-refractivity contribution is 6.75. The van der Waals surface area contributed by atoms with Crippen LogP contribution in [0.1, 0.15) is 94.2 Å². The third-order valence-electron chi connectivity index (χ3n) is 12.9. The summed E-state index contributed by atoms with van der Waals surface area (Å²) in [6, 6.07) is 0.392. The topological polar surface area (TPSA) is 119 Å². The summed E-state index contributed by atoms with van der Waals surface area (Å²) in [4.78, 5) is 14.3. The molecular formula is C35H66N6O4Si3. The van der Waals surface area contributed by atoms with Crippen molar-refractivity contribution in [1.29, 1.82) is 0 Å². The largest absolute Gasteiger partial charge is 0.414 e. The lowest BCUT2D eigenvalue weighted by atomic mass is 9.95. The summed E-state index contributed by atoms with van der Waals surface area (Å²) in [5, 5.41) is 3.79. The summed E-state index contributed by atoms with van der Waals surface area (Å²) in [5.74, 6) is 2.42. The number of nitrogen functional groups attached to an aromatic ring is 1. The van der Waals surface area contributed by atoms with E-state index >= 15 is 0 Å². The summed E-state index contributed by atoms with van der Waals surface area (Å²) in [5.41, 5.74) is 7.78. The first kappa shape index (κ1) is 37.9. The molecule has 10 nitrogen and oxygen atoms in total. The number of ether oxygens (including phenoxy) is 1. The quantitative estimate of drug-likeness (QED) is 0.233. The highest BCUT2D eigenvalue weighted by Crippen LogP contribution is 2.48. The number of nitrogens with two attached hydrogens (primary N) is 1. The van der Waals surface area contributed by atoms with Gasteiger partial charge in [0.1, 0.15) is 18.3 Å². The highest BCUT2D eigenvalue weighted by Gasteiger charge is 2.55. The smallest absolute Gasteiger partial charge is 0.224 e. The van der Waals surface area contributed by atoms with Crippen molar-refractivity contribution < 1.29 is 18.0 Å². The maximum atomic E-state index is 7.38. The summed E-state index contributed by atoms with van der Waals surface area (Å²) in [7, 11) is -6.67. The molecule has 5 rings (SSSR count). The molecule has 0 amide bonds. The van der Waals surface area contributed by atoms with Crippen LogP contribution in [0.2, 0.25) is 54.4 Å². The Bertz CT molecular complexity index is 1460. The van der Waals surface area contributed by atoms with Gasteiger partial charge in [0.05, 0.1) is 12.9 Å². The molecule has 0 radical (unpaired) electrons. The van der Waals surface area contributed by atoms with Gasteiger partial charge in [0.2, 0.25) is 5.95 Å². The van der Waals surface area contributed by atoms with E-state index in [1.807, 2.05) is 10.9 Å². The Hall–Kier alpha value is -1.36. The normalized spacial score (nSPS) is 28.9. The predicted octanol–water partition coefficient (Wildman–Crippen LogP) is 8.71. The zero-order valence-electron chi connectivity index (χ0n) is 32.7. The Kier molecular flexibility index (Phi) is 10.0. The summed E-state index contributed by atoms with van der Waals surface area (Å²) < 4.78 is 30.7. The Morgan fingerprint density at radius 3 is 1.94 bits per heavy atom. The van der Waals surface area contributed by atoms with E-state index < -0.39 is 37.3 Å². The van der Waals surface area contributed by atoms with E-state index in [-0.39, 0.29) is 33.3 Å². The molecule has 2 aliphatic carbocycles. The van der Waals surface area contributed by atoms with Gasteiger partial charge >= 0.3 is 0 Å². The SMILES string of the molecule is CC(C)(C)[Si](C)(C)OC[C@H]1O[C@@H](n2cnc3c(NC4CC5CCC4C5)nc(N)nc32)C(O[Si](C)(C)C(C)(C)C)C1O[Si](C)(C)C(C)(C)C. The van der Waals surface area contributed by atoms with Gasteiger partial charge in [-0.25, -0.2) is 4.98 Å². The van der Waals surface area contributed by atoms with Crippen LogP contribution in [0.25, 0.3) is 11.2 Å². The van der Waals surface area contributed by atoms with E-state index in [4.69, 9.17) is 33.7 Å². The number of nitrogens with one attached hydrogen (secondary N) is 1. The number of aromatic nitrogens is 4. The summed E-state index contributed by atoms with van der Waals surface area (Å²) in [6.45, 7) is 34.7. The van der Waals surface area contributed by atoms with E-state index in [9.17, 15) is 0 Å². The molecule has 1 saturated heterocycles. The van der Waals surface area contributed by atoms with Crippen LogP contribution < -0.4 is 11.1 Å². The van der Waals surface area contributed by atoms with E-state index in [0.717, 1.165) is 5.92 Å². The van der Waals surface area contributed by atoms with Crippen molar-refractivity contribution in [3.05, 3.63) is 6.33 Å². The van der Waals surface area contributed by atoms with Crippen LogP contribution in [0, 0.1) is 11.8 Å². The number of fused-ring (bicyclic) bond motifs is 3. The van der Waals surface area contributed by atoms with Crippen LogP contribution in [-0.4, -0.2) is 75.4 Å². The van der Waals surface area contributed by atoms with Gasteiger partial charge in [-0.1, -0.05) is 68.7 Å². The molecule has 7 atom stereocenters. The first-order valence-corrected chi connectivity index (χ1v) is 27.0. The number of nitrogens with zero attached hydrogens (tertiary/aromatic N) is 4. The van der Waals surface area contributed by atoms with Crippen LogP contribution in [0.3, 0.4) is 0 Å². The molecule has 2 aromatic rings. The predicted molar refractivity (Wildman–Crippen MR) is 204 cm³/mol. The lowest BCUT2D eigenvalue weighted by Gasteiger charge is -2.44. The van der Waals surface area contributed by atoms with Crippen molar-refractivity contribution in [3.8, 4) is 0 Å². The van der Waals surface area contributed by atoms with Gasteiger partial charge in [-0.15, -0.1) is 0 Å². The van der Waals surface area contributed by atoms with E-state index in [1.54, 1.807) is 0 Å². The molecule has 0 aromatic carbocycles. The second kappa shape index (κ2) is 12.7. The minimum Gasteiger partial charge on any atom is -0.414 e. The number of hydrogen-bond donors (Lipinski definition) is 2. The first-order chi connectivity index (χ1) is 21.8. The van der Waals surface area contributed by atoms with Gasteiger partial charge in [-0.2, -0.15) is 9.97 Å². The zero-order valence-corrected chi connectivity index (χ0v) is 35.7. The lowest BCUT2D eigenvalue weighted by molar-refractivity contribution is -0.0470. The molecule has 3 heterocycles. The molecule has 48 heavy (non-hydrogen) atoms. The average Bonchev–Trinajstić information content (AvgIpc) is 3.70. The molecule has 13 heteroatoms. The second-order valence-corrected chi connectivity index (χ2v) is 33.8. The molecule has 1 aliphatic heterocycles. The van der Waals surface area contributed by atoms with Gasteiger partial charge in [-0.3, -0.25) is 4.57 Å². The van der Waals surface area contributed by atoms with Crippen LogP contribution in [0.4, 0.5) is 11.8 Å². The minimum atomic E-state index is -2.31. The highest BCUT2D eigenvalue weighted by atomic mass is 28.4. The Morgan fingerprint density at radius 2 is 1.42 bits per heavy atom. The molecule has 3 aliphatic rings. The molecular weight excluding hydrogens is 653 g/mol. The lowest BCUT2D eigenvalue weighted by Crippen LogP contribution is -2.54. The van der Waals surface area contributed by atoms with Crippen LogP contribution >= 0.6 is 0 Å². The van der Waals surface area contributed by atoms with Crippen LogP contribution in [0.5, 0.6) is 0 Å². The summed E-state index contributed by atoms with van der Waals surface area (Å²) in [6.07, 6.45) is 5.31. The van der Waals surface area contributed by atoms with E-state index in [1.165, 1.54) is 25.7 Å². The maximum absolute atomic E-state index is 7.38. The molecule has 2 aromatic heterocycles. The molecule has 272 valence electrons. The van der Waals surface area contributed by atoms with Crippen molar-refractivity contribution in [1.82, 2.24) is 19.5 Å². The van der Waals surface area contributed by atoms with Crippen molar-refractivity contribution in [2.45, 2.75) is 173 Å². The summed E-state index contributed by atoms with van der Waals surface area (Å²) >= 11 is 0. The average molecular weight is 719 g/mol. The minimum absolute atomic E-state index is 0.00107. The molecule has 3 N–H and O–H groups in total. The van der Waals surface area contributed by atoms with Gasteiger partial charge < -0.3 is 29.1 Å². The molecule has 5 unspecified atom stereocenters. The van der Waals surface area contributed by atoms with Crippen molar-refractivity contribution in [2.24, 2.45) is 11.8 Å². The first-order valence-electron chi connectivity index (χ1n) is 18.2. The second-order valence-electron chi connectivity index (χ2n) is 19.5. The third kappa shape index (κ3) is 7.34. The Morgan fingerprint density at radius 1 is 0.833 bits per heavy atom. The maximum Gasteiger partial charge on any atom is 0.224 e. The fourth-order valence-corrected chi connectivity index (χ4v) is 10.3. The fraction of sp³-hybridized carbons (Fsp3) is 0.857. The number of anilines is 2. The molecule has 0 spiro atoms. The third-order valence-corrected chi connectivity index (χ3v) is 26.4. The standard InChI is InChI=1S/C35H66N6O4Si3/c1-33(2,3)46(10,11)42-20-25-27(44-47(12,13)34(4,5)6)28(45-48(14,15)35(7,8)9)31(43-25)41-21-37-26-29(39-32(36)40-30(26)41)38-24-19-22-16-17-23(24)18-22/h21-25,27-28,31H,16-20H2,1-15H3,(H3,36,38,39,40)/t22?,23?,24?,25-,27?,28?,31-/m1/s1. The monoisotopic (exact) mass is 718 g/mol. The van der Waals surface area contributed by atoms with E-state index in [0.29, 0.717) is 35.5 Å². The van der Waals surface area contributed by atoms with Gasteiger partial charge in [-0.05, 0) is 85.5 Å². The number of hydrogen-bond acceptors (Lipinski definition) is 9. The Balaban J connectivity index is 1.58. The molecule has 3 fully saturated rings.